The van der Waals surface area contributed by atoms with Gasteiger partial charge in [-0.25, -0.2) is 9.59 Å². The number of amidine groups is 2. The average molecular weight is 1070 g/mol. The Bertz CT molecular complexity index is 3500. The number of nitrogens with two attached hydrogens (primary N) is 1. The van der Waals surface area contributed by atoms with Crippen LogP contribution in [0.2, 0.25) is 0 Å². The van der Waals surface area contributed by atoms with Crippen molar-refractivity contribution in [2.45, 2.75) is 18.8 Å². The smallest absolute Gasteiger partial charge is 0.414 e. The molecule has 2 atom stereocenters. The Hall–Kier alpha value is -8.82. The molecule has 0 aromatic heterocycles. The van der Waals surface area contributed by atoms with Gasteiger partial charge in [0.25, 0.3) is 21.9 Å². The molecule has 3 fully saturated rings. The lowest BCUT2D eigenvalue weighted by Gasteiger charge is -2.34. The molecule has 4 amide bonds. The van der Waals surface area contributed by atoms with Gasteiger partial charge in [-0.15, -0.1) is 0 Å². The number of fused-ring (bicyclic) bond motifs is 2. The molecule has 0 radical (unpaired) electrons. The number of benzene rings is 7. The number of nitrogens with one attached hydrogen (secondary N) is 2. The molecule has 20 heteroatoms. The predicted molar refractivity (Wildman–Crippen MR) is 295 cm³/mol. The predicted octanol–water partition coefficient (Wildman–Crippen LogP) is 6.97. The molecule has 19 nitrogen and oxygen atoms in total. The molecule has 3 aliphatic heterocycles. The Kier molecular flexibility index (Phi) is 16.9. The third-order valence-corrected chi connectivity index (χ3v) is 13.7. The van der Waals surface area contributed by atoms with E-state index in [0.717, 1.165) is 59.5 Å². The number of aliphatic imine (C=N–C) groups is 1. The van der Waals surface area contributed by atoms with Crippen LogP contribution in [0.4, 0.5) is 21.0 Å². The van der Waals surface area contributed by atoms with E-state index in [-0.39, 0.29) is 50.0 Å². The second-order valence-corrected chi connectivity index (χ2v) is 20.4. The molecular formula is C58H56N8O11S. The van der Waals surface area contributed by atoms with E-state index in [4.69, 9.17) is 29.5 Å². The maximum Gasteiger partial charge on any atom is 0.414 e. The maximum absolute atomic E-state index is 12.8. The zero-order valence-electron chi connectivity index (χ0n) is 42.5. The van der Waals surface area contributed by atoms with Crippen LogP contribution in [0.25, 0.3) is 21.5 Å². The van der Waals surface area contributed by atoms with E-state index in [0.29, 0.717) is 46.7 Å². The fourth-order valence-corrected chi connectivity index (χ4v) is 9.40. The summed E-state index contributed by atoms with van der Waals surface area (Å²) in [6.45, 7) is 4.45. The van der Waals surface area contributed by atoms with Crippen molar-refractivity contribution in [3.05, 3.63) is 192 Å². The second kappa shape index (κ2) is 24.5. The first-order valence-corrected chi connectivity index (χ1v) is 26.8. The number of cyclic esters (lactones) is 2. The molecule has 7 aromatic rings. The van der Waals surface area contributed by atoms with Gasteiger partial charge in [0.1, 0.15) is 37.1 Å². The van der Waals surface area contributed by atoms with Crippen LogP contribution < -0.4 is 20.9 Å². The molecule has 78 heavy (non-hydrogen) atoms. The Balaban J connectivity index is 0.000000199. The summed E-state index contributed by atoms with van der Waals surface area (Å²) in [4.78, 5) is 73.9. The first-order chi connectivity index (χ1) is 37.6. The van der Waals surface area contributed by atoms with E-state index in [1.165, 1.54) is 4.90 Å². The monoisotopic (exact) mass is 1070 g/mol. The minimum atomic E-state index is -3.64. The Labute approximate surface area is 450 Å². The highest BCUT2D eigenvalue weighted by Gasteiger charge is 2.35. The van der Waals surface area contributed by atoms with Crippen molar-refractivity contribution >= 4 is 84.7 Å². The standard InChI is InChI=1S/C35H35N5O5.C23H21N3O6S/c36-33(37-34(42)29-11-10-26-8-4-5-9-28(26)20-29)27-12-14-30(15-13-27)40-22-31(45-35(40)43)21-38-16-18-39(19-17-38)23-32(41)44-24-25-6-2-1-3-7-25;1-33(29,30)31-14-20-13-26(23(28)32-20)19-10-8-16(9-11-19)21(24)25-22(27)18-7-6-15-4-2-3-5-17(15)12-18/h1-15,20,31H,16-19,21-24H2,(H2,36,37,42);2-12,20H,13-14H2,1H3,(H2,24,25,27). The van der Waals surface area contributed by atoms with Crippen LogP contribution in [0.1, 0.15) is 37.4 Å². The van der Waals surface area contributed by atoms with E-state index in [1.807, 2.05) is 91.0 Å². The Morgan fingerprint density at radius 2 is 1.14 bits per heavy atom. The van der Waals surface area contributed by atoms with Gasteiger partial charge in [-0.2, -0.15) is 13.4 Å². The van der Waals surface area contributed by atoms with Gasteiger partial charge in [0, 0.05) is 66.4 Å². The van der Waals surface area contributed by atoms with Crippen LogP contribution in [-0.4, -0.2) is 137 Å². The highest BCUT2D eigenvalue weighted by atomic mass is 32.2. The van der Waals surface area contributed by atoms with Crippen molar-refractivity contribution in [1.82, 2.24) is 15.1 Å². The van der Waals surface area contributed by atoms with E-state index < -0.39 is 40.2 Å². The van der Waals surface area contributed by atoms with Crippen LogP contribution in [0.3, 0.4) is 0 Å². The normalized spacial score (nSPS) is 17.0. The summed E-state index contributed by atoms with van der Waals surface area (Å²) in [7, 11) is -3.64. The molecule has 7 aromatic carbocycles. The highest BCUT2D eigenvalue weighted by molar-refractivity contribution is 7.86. The Morgan fingerprint density at radius 3 is 1.74 bits per heavy atom. The van der Waals surface area contributed by atoms with Crippen molar-refractivity contribution in [2.24, 2.45) is 10.7 Å². The Morgan fingerprint density at radius 1 is 0.641 bits per heavy atom. The first kappa shape index (κ1) is 54.0. The zero-order valence-corrected chi connectivity index (χ0v) is 43.3. The summed E-state index contributed by atoms with van der Waals surface area (Å²) in [5.41, 5.74) is 10.3. The topological polar surface area (TPSA) is 244 Å². The molecule has 0 aliphatic carbocycles. The van der Waals surface area contributed by atoms with Crippen LogP contribution in [0.15, 0.2) is 169 Å². The average Bonchev–Trinajstić information content (AvgIpc) is 4.03. The quantitative estimate of drug-likeness (QED) is 0.0309. The number of rotatable bonds is 15. The zero-order chi connectivity index (χ0) is 54.8. The largest absolute Gasteiger partial charge is 0.460 e. The molecule has 4 N–H and O–H groups in total. The summed E-state index contributed by atoms with van der Waals surface area (Å²) >= 11 is 0. The van der Waals surface area contributed by atoms with Crippen molar-refractivity contribution < 1.29 is 50.8 Å². The number of carbonyl (C=O) groups excluding carboxylic acids is 5. The molecule has 2 unspecified atom stereocenters. The van der Waals surface area contributed by atoms with E-state index in [9.17, 15) is 32.4 Å². The van der Waals surface area contributed by atoms with Crippen LogP contribution in [-0.2, 0) is 39.9 Å². The van der Waals surface area contributed by atoms with Crippen molar-refractivity contribution in [2.75, 3.05) is 75.0 Å². The van der Waals surface area contributed by atoms with Crippen LogP contribution in [0, 0.1) is 5.41 Å². The summed E-state index contributed by atoms with van der Waals surface area (Å²) in [5, 5.41) is 14.8. The molecule has 10 rings (SSSR count). The molecule has 0 saturated carbocycles. The van der Waals surface area contributed by atoms with Gasteiger partial charge >= 0.3 is 18.2 Å². The number of ether oxygens (including phenoxy) is 3. The number of anilines is 2. The lowest BCUT2D eigenvalue weighted by Crippen LogP contribution is -2.50. The van der Waals surface area contributed by atoms with Crippen molar-refractivity contribution in [3.8, 4) is 0 Å². The second-order valence-electron chi connectivity index (χ2n) is 18.8. The van der Waals surface area contributed by atoms with Gasteiger partial charge in [0.15, 0.2) is 0 Å². The van der Waals surface area contributed by atoms with E-state index >= 15 is 0 Å². The van der Waals surface area contributed by atoms with Crippen molar-refractivity contribution in [1.29, 1.82) is 5.41 Å². The number of esters is 1. The minimum absolute atomic E-state index is 0.0804. The highest BCUT2D eigenvalue weighted by Crippen LogP contribution is 2.25. The SMILES string of the molecule is CS(=O)(=O)OCC1CN(c2ccc(C(=N)NC(=O)c3ccc4ccccc4c3)cc2)C(=O)O1.NC(=NC(=O)c1ccc2ccccc2c1)c1ccc(N2CC(CN3CCN(CC(=O)OCc4ccccc4)CC3)OC2=O)cc1. The summed E-state index contributed by atoms with van der Waals surface area (Å²) in [6.07, 6.45) is -1.09. The summed E-state index contributed by atoms with van der Waals surface area (Å²) in [6, 6.07) is 49.4. The number of hydrogen-bond donors (Lipinski definition) is 3. The van der Waals surface area contributed by atoms with Gasteiger partial charge in [-0.3, -0.25) is 43.6 Å². The number of carbonyl (C=O) groups is 5. The molecule has 0 bridgehead atoms. The molecule has 400 valence electrons. The number of nitrogens with zero attached hydrogens (tertiary/aromatic N) is 5. The summed E-state index contributed by atoms with van der Waals surface area (Å²) in [5.74, 6) is -1.03. The molecule has 3 aliphatic rings. The number of piperazine rings is 1. The molecule has 3 heterocycles. The fourth-order valence-electron chi connectivity index (χ4n) is 9.00. The van der Waals surface area contributed by atoms with E-state index in [1.54, 1.807) is 77.7 Å². The third kappa shape index (κ3) is 14.2. The summed E-state index contributed by atoms with van der Waals surface area (Å²) < 4.78 is 43.2. The van der Waals surface area contributed by atoms with Crippen LogP contribution in [0.5, 0.6) is 0 Å². The lowest BCUT2D eigenvalue weighted by molar-refractivity contribution is -0.146. The fraction of sp³-hybridized carbons (Fsp3) is 0.224. The van der Waals surface area contributed by atoms with Gasteiger partial charge in [0.05, 0.1) is 25.9 Å². The van der Waals surface area contributed by atoms with Crippen molar-refractivity contribution in [3.63, 3.8) is 0 Å². The lowest BCUT2D eigenvalue weighted by atomic mass is 10.1. The van der Waals surface area contributed by atoms with Crippen LogP contribution >= 0.6 is 0 Å². The van der Waals surface area contributed by atoms with Gasteiger partial charge in [-0.1, -0.05) is 91.0 Å². The first-order valence-electron chi connectivity index (χ1n) is 25.0. The molecule has 3 saturated heterocycles. The van der Waals surface area contributed by atoms with E-state index in [2.05, 4.69) is 20.1 Å². The van der Waals surface area contributed by atoms with Gasteiger partial charge in [-0.05, 0) is 99.9 Å². The maximum atomic E-state index is 12.8. The minimum Gasteiger partial charge on any atom is -0.460 e. The molecule has 0 spiro atoms. The number of amides is 4. The van der Waals surface area contributed by atoms with Gasteiger partial charge in [0.2, 0.25) is 0 Å². The number of hydrogen-bond acceptors (Lipinski definition) is 14. The molecular weight excluding hydrogens is 1020 g/mol. The van der Waals surface area contributed by atoms with Gasteiger partial charge < -0.3 is 25.3 Å². The third-order valence-electron chi connectivity index (χ3n) is 13.1.